The van der Waals surface area contributed by atoms with E-state index in [4.69, 9.17) is 0 Å². The van der Waals surface area contributed by atoms with Gasteiger partial charge in [-0.15, -0.1) is 0 Å². The molecule has 0 aromatic carbocycles. The topological polar surface area (TPSA) is 29.1 Å². The third kappa shape index (κ3) is 7.32. The standard InChI is InChI=1S/C17H28F3NO/c1-2-3-4-5-6-10-13-15(14-11-8-7-9-12-14)21-16(22)17(18,19)20/h10,13-15H,2-9,11-12H2,1H3,(H,21,22)/b13-10-/t15-/m1/s1. The van der Waals surface area contributed by atoms with Crippen LogP contribution in [0.3, 0.4) is 0 Å². The molecule has 22 heavy (non-hydrogen) atoms. The molecule has 0 unspecified atom stereocenters. The first kappa shape index (κ1) is 19.0. The summed E-state index contributed by atoms with van der Waals surface area (Å²) in [5, 5.41) is 2.18. The van der Waals surface area contributed by atoms with E-state index in [1.807, 2.05) is 6.08 Å². The van der Waals surface area contributed by atoms with Gasteiger partial charge in [0.1, 0.15) is 0 Å². The number of carbonyl (C=O) groups is 1. The van der Waals surface area contributed by atoms with E-state index in [1.165, 1.54) is 6.42 Å². The van der Waals surface area contributed by atoms with Gasteiger partial charge in [-0.25, -0.2) is 0 Å². The molecule has 0 aromatic rings. The quantitative estimate of drug-likeness (QED) is 0.487. The fourth-order valence-corrected chi connectivity index (χ4v) is 2.98. The van der Waals surface area contributed by atoms with Crippen molar-refractivity contribution in [3.8, 4) is 0 Å². The third-order valence-corrected chi connectivity index (χ3v) is 4.28. The molecule has 1 atom stereocenters. The summed E-state index contributed by atoms with van der Waals surface area (Å²) >= 11 is 0. The summed E-state index contributed by atoms with van der Waals surface area (Å²) < 4.78 is 37.4. The Morgan fingerprint density at radius 1 is 1.18 bits per heavy atom. The van der Waals surface area contributed by atoms with Crippen LogP contribution in [0.2, 0.25) is 0 Å². The number of rotatable bonds is 8. The Morgan fingerprint density at radius 2 is 1.86 bits per heavy atom. The summed E-state index contributed by atoms with van der Waals surface area (Å²) in [6.07, 6.45) is 9.31. The predicted octanol–water partition coefficient (Wildman–Crippen LogP) is 5.14. The van der Waals surface area contributed by atoms with Crippen LogP contribution in [0.4, 0.5) is 13.2 Å². The van der Waals surface area contributed by atoms with Crippen LogP contribution in [0, 0.1) is 5.92 Å². The molecule has 5 heteroatoms. The van der Waals surface area contributed by atoms with Crippen LogP contribution in [0.25, 0.3) is 0 Å². The van der Waals surface area contributed by atoms with Gasteiger partial charge < -0.3 is 5.32 Å². The van der Waals surface area contributed by atoms with Crippen molar-refractivity contribution in [1.82, 2.24) is 5.32 Å². The summed E-state index contributed by atoms with van der Waals surface area (Å²) in [5.74, 6) is -1.69. The minimum Gasteiger partial charge on any atom is -0.342 e. The smallest absolute Gasteiger partial charge is 0.342 e. The van der Waals surface area contributed by atoms with E-state index in [0.717, 1.165) is 57.8 Å². The summed E-state index contributed by atoms with van der Waals surface area (Å²) in [7, 11) is 0. The van der Waals surface area contributed by atoms with Gasteiger partial charge in [0.2, 0.25) is 0 Å². The van der Waals surface area contributed by atoms with E-state index in [-0.39, 0.29) is 5.92 Å². The van der Waals surface area contributed by atoms with Crippen LogP contribution < -0.4 is 5.32 Å². The molecule has 1 rings (SSSR count). The van der Waals surface area contributed by atoms with Gasteiger partial charge in [-0.05, 0) is 31.6 Å². The summed E-state index contributed by atoms with van der Waals surface area (Å²) in [6, 6.07) is -0.486. The minimum atomic E-state index is -4.80. The molecule has 0 aromatic heterocycles. The Bertz CT molecular complexity index is 346. The summed E-state index contributed by atoms with van der Waals surface area (Å²) in [6.45, 7) is 2.14. The molecule has 1 N–H and O–H groups in total. The van der Waals surface area contributed by atoms with Crippen LogP contribution >= 0.6 is 0 Å². The van der Waals surface area contributed by atoms with Crippen molar-refractivity contribution in [2.24, 2.45) is 5.92 Å². The molecule has 1 saturated carbocycles. The van der Waals surface area contributed by atoms with Crippen molar-refractivity contribution in [2.45, 2.75) is 83.4 Å². The molecule has 0 bridgehead atoms. The van der Waals surface area contributed by atoms with Gasteiger partial charge in [0, 0.05) is 0 Å². The van der Waals surface area contributed by atoms with E-state index in [2.05, 4.69) is 12.2 Å². The average molecular weight is 319 g/mol. The number of alkyl halides is 3. The van der Waals surface area contributed by atoms with Crippen molar-refractivity contribution >= 4 is 5.91 Å². The molecule has 0 spiro atoms. The summed E-state index contributed by atoms with van der Waals surface area (Å²) in [5.41, 5.74) is 0. The highest BCUT2D eigenvalue weighted by Crippen LogP contribution is 2.28. The van der Waals surface area contributed by atoms with Crippen LogP contribution in [-0.4, -0.2) is 18.1 Å². The number of amides is 1. The van der Waals surface area contributed by atoms with Crippen molar-refractivity contribution in [2.75, 3.05) is 0 Å². The zero-order valence-corrected chi connectivity index (χ0v) is 13.4. The number of halogens is 3. The van der Waals surface area contributed by atoms with Gasteiger partial charge in [0.15, 0.2) is 0 Å². The van der Waals surface area contributed by atoms with Crippen LogP contribution in [-0.2, 0) is 4.79 Å². The Hall–Kier alpha value is -1.00. The largest absolute Gasteiger partial charge is 0.471 e. The molecule has 0 heterocycles. The lowest BCUT2D eigenvalue weighted by molar-refractivity contribution is -0.174. The Balaban J connectivity index is 2.53. The van der Waals surface area contributed by atoms with Gasteiger partial charge in [0.25, 0.3) is 0 Å². The number of allylic oxidation sites excluding steroid dienone is 1. The Kier molecular flexibility index (Phi) is 8.57. The predicted molar refractivity (Wildman–Crippen MR) is 82.5 cm³/mol. The average Bonchev–Trinajstić information content (AvgIpc) is 2.49. The Labute approximate surface area is 131 Å². The van der Waals surface area contributed by atoms with Gasteiger partial charge in [-0.2, -0.15) is 13.2 Å². The highest BCUT2D eigenvalue weighted by Gasteiger charge is 2.40. The minimum absolute atomic E-state index is 0.131. The van der Waals surface area contributed by atoms with E-state index in [1.54, 1.807) is 6.08 Å². The lowest BCUT2D eigenvalue weighted by Gasteiger charge is -2.29. The maximum absolute atomic E-state index is 12.5. The first-order valence-electron chi connectivity index (χ1n) is 8.49. The van der Waals surface area contributed by atoms with Crippen LogP contribution in [0.15, 0.2) is 12.2 Å². The maximum atomic E-state index is 12.5. The molecule has 2 nitrogen and oxygen atoms in total. The lowest BCUT2D eigenvalue weighted by Crippen LogP contribution is -2.46. The number of unbranched alkanes of at least 4 members (excludes halogenated alkanes) is 4. The van der Waals surface area contributed by atoms with E-state index in [0.29, 0.717) is 0 Å². The molecular weight excluding hydrogens is 291 g/mol. The highest BCUT2D eigenvalue weighted by atomic mass is 19.4. The molecule has 1 fully saturated rings. The van der Waals surface area contributed by atoms with Gasteiger partial charge in [-0.3, -0.25) is 4.79 Å². The number of nitrogens with one attached hydrogen (secondary N) is 1. The van der Waals surface area contributed by atoms with E-state index >= 15 is 0 Å². The second-order valence-corrected chi connectivity index (χ2v) is 6.17. The van der Waals surface area contributed by atoms with Crippen LogP contribution in [0.5, 0.6) is 0 Å². The highest BCUT2D eigenvalue weighted by molar-refractivity contribution is 5.82. The molecule has 1 aliphatic rings. The lowest BCUT2D eigenvalue weighted by atomic mass is 9.83. The van der Waals surface area contributed by atoms with Gasteiger partial charge in [0.05, 0.1) is 6.04 Å². The molecule has 1 aliphatic carbocycles. The zero-order chi connectivity index (χ0) is 16.4. The van der Waals surface area contributed by atoms with Crippen molar-refractivity contribution in [3.63, 3.8) is 0 Å². The molecular formula is C17H28F3NO. The SMILES string of the molecule is CCCCCC/C=C\[C@@H](NC(=O)C(F)(F)F)C1CCCCC1. The first-order chi connectivity index (χ1) is 10.4. The molecule has 128 valence electrons. The molecule has 1 amide bonds. The fraction of sp³-hybridized carbons (Fsp3) is 0.824. The number of carbonyl (C=O) groups excluding carboxylic acids is 1. The third-order valence-electron chi connectivity index (χ3n) is 4.28. The normalized spacial score (nSPS) is 18.5. The number of hydrogen-bond acceptors (Lipinski definition) is 1. The van der Waals surface area contributed by atoms with Crippen molar-refractivity contribution in [3.05, 3.63) is 12.2 Å². The van der Waals surface area contributed by atoms with Crippen molar-refractivity contribution < 1.29 is 18.0 Å². The zero-order valence-electron chi connectivity index (χ0n) is 13.4. The summed E-state index contributed by atoms with van der Waals surface area (Å²) in [4.78, 5) is 11.2. The molecule has 0 aliphatic heterocycles. The molecule has 0 radical (unpaired) electrons. The number of hydrogen-bond donors (Lipinski definition) is 1. The Morgan fingerprint density at radius 3 is 2.45 bits per heavy atom. The van der Waals surface area contributed by atoms with E-state index < -0.39 is 18.1 Å². The first-order valence-corrected chi connectivity index (χ1v) is 8.49. The fourth-order valence-electron chi connectivity index (χ4n) is 2.98. The second kappa shape index (κ2) is 9.90. The maximum Gasteiger partial charge on any atom is 0.471 e. The van der Waals surface area contributed by atoms with Crippen molar-refractivity contribution in [1.29, 1.82) is 0 Å². The monoisotopic (exact) mass is 319 g/mol. The van der Waals surface area contributed by atoms with Gasteiger partial charge in [-0.1, -0.05) is 57.6 Å². The second-order valence-electron chi connectivity index (χ2n) is 6.17. The molecule has 0 saturated heterocycles. The van der Waals surface area contributed by atoms with Crippen LogP contribution in [0.1, 0.15) is 71.1 Å². The van der Waals surface area contributed by atoms with E-state index in [9.17, 15) is 18.0 Å². The van der Waals surface area contributed by atoms with Gasteiger partial charge >= 0.3 is 12.1 Å².